The summed E-state index contributed by atoms with van der Waals surface area (Å²) >= 11 is 0. The number of esters is 2. The molecule has 0 unspecified atom stereocenters. The Kier molecular flexibility index (Phi) is 7.28. The second kappa shape index (κ2) is 10.1. The molecule has 0 aliphatic rings. The Balaban J connectivity index is 2.06. The van der Waals surface area contributed by atoms with E-state index in [9.17, 15) is 14.4 Å². The lowest BCUT2D eigenvalue weighted by Crippen LogP contribution is -2.26. The number of para-hydroxylation sites is 2. The SMILES string of the molecule is CCCCCC[C@@H](C(=O)OC)C(=O)c1cccc2nc3c(C(=O)OC)cccc3nc12. The molecule has 0 saturated heterocycles. The van der Waals surface area contributed by atoms with Crippen molar-refractivity contribution in [2.75, 3.05) is 14.2 Å². The van der Waals surface area contributed by atoms with Crippen molar-refractivity contribution in [3.63, 3.8) is 0 Å². The highest BCUT2D eigenvalue weighted by atomic mass is 16.5. The minimum absolute atomic E-state index is 0.300. The van der Waals surface area contributed by atoms with Gasteiger partial charge in [0.1, 0.15) is 17.0 Å². The number of hydrogen-bond acceptors (Lipinski definition) is 7. The first kappa shape index (κ1) is 22.3. The Hall–Kier alpha value is -3.35. The molecule has 0 bridgehead atoms. The van der Waals surface area contributed by atoms with Gasteiger partial charge in [-0.3, -0.25) is 9.59 Å². The van der Waals surface area contributed by atoms with Gasteiger partial charge in [0.2, 0.25) is 0 Å². The molecule has 31 heavy (non-hydrogen) atoms. The van der Waals surface area contributed by atoms with E-state index in [4.69, 9.17) is 9.47 Å². The number of rotatable bonds is 9. The number of ketones is 1. The highest BCUT2D eigenvalue weighted by Crippen LogP contribution is 2.26. The van der Waals surface area contributed by atoms with Crippen LogP contribution in [0.15, 0.2) is 36.4 Å². The van der Waals surface area contributed by atoms with Crippen LogP contribution < -0.4 is 0 Å². The van der Waals surface area contributed by atoms with Gasteiger partial charge < -0.3 is 9.47 Å². The number of aromatic nitrogens is 2. The molecule has 1 heterocycles. The molecule has 0 spiro atoms. The zero-order chi connectivity index (χ0) is 22.4. The van der Waals surface area contributed by atoms with Crippen LogP contribution in [0, 0.1) is 5.92 Å². The molecule has 2 aromatic carbocycles. The molecular formula is C24H26N2O5. The first-order valence-corrected chi connectivity index (χ1v) is 10.4. The van der Waals surface area contributed by atoms with E-state index in [1.807, 2.05) is 0 Å². The smallest absolute Gasteiger partial charge is 0.340 e. The summed E-state index contributed by atoms with van der Waals surface area (Å²) in [6.07, 6.45) is 4.26. The Morgan fingerprint density at radius 3 is 2.03 bits per heavy atom. The lowest BCUT2D eigenvalue weighted by molar-refractivity contribution is -0.143. The van der Waals surface area contributed by atoms with Crippen LogP contribution in [-0.2, 0) is 14.3 Å². The minimum atomic E-state index is -0.883. The fourth-order valence-electron chi connectivity index (χ4n) is 3.65. The van der Waals surface area contributed by atoms with Crippen LogP contribution in [0.2, 0.25) is 0 Å². The average Bonchev–Trinajstić information content (AvgIpc) is 2.80. The molecule has 3 aromatic rings. The molecular weight excluding hydrogens is 396 g/mol. The molecule has 0 fully saturated rings. The average molecular weight is 422 g/mol. The van der Waals surface area contributed by atoms with Crippen LogP contribution in [0.4, 0.5) is 0 Å². The summed E-state index contributed by atoms with van der Waals surface area (Å²) in [5, 5.41) is 0. The third kappa shape index (κ3) is 4.71. The Morgan fingerprint density at radius 2 is 1.45 bits per heavy atom. The van der Waals surface area contributed by atoms with E-state index in [2.05, 4.69) is 16.9 Å². The van der Waals surface area contributed by atoms with Gasteiger partial charge in [-0.05, 0) is 30.7 Å². The number of Topliss-reactive ketones (excluding diaryl/α,β-unsaturated/α-hetero) is 1. The van der Waals surface area contributed by atoms with Gasteiger partial charge in [0, 0.05) is 5.56 Å². The van der Waals surface area contributed by atoms with Crippen molar-refractivity contribution in [2.45, 2.75) is 39.0 Å². The molecule has 0 aliphatic heterocycles. The largest absolute Gasteiger partial charge is 0.468 e. The van der Waals surface area contributed by atoms with Crippen molar-refractivity contribution in [3.8, 4) is 0 Å². The van der Waals surface area contributed by atoms with Crippen LogP contribution in [0.3, 0.4) is 0 Å². The molecule has 0 radical (unpaired) electrons. The summed E-state index contributed by atoms with van der Waals surface area (Å²) in [5.74, 6) is -2.26. The third-order valence-corrected chi connectivity index (χ3v) is 5.31. The quantitative estimate of drug-likeness (QED) is 0.165. The summed E-state index contributed by atoms with van der Waals surface area (Å²) < 4.78 is 9.73. The molecule has 7 heteroatoms. The highest BCUT2D eigenvalue weighted by molar-refractivity contribution is 6.15. The maximum absolute atomic E-state index is 13.3. The predicted octanol–water partition coefficient (Wildman–Crippen LogP) is 4.51. The molecule has 3 rings (SSSR count). The summed E-state index contributed by atoms with van der Waals surface area (Å²) in [6.45, 7) is 2.10. The highest BCUT2D eigenvalue weighted by Gasteiger charge is 2.30. The van der Waals surface area contributed by atoms with Gasteiger partial charge in [0.05, 0.1) is 30.8 Å². The van der Waals surface area contributed by atoms with Gasteiger partial charge in [-0.15, -0.1) is 0 Å². The third-order valence-electron chi connectivity index (χ3n) is 5.31. The van der Waals surface area contributed by atoms with Crippen molar-refractivity contribution < 1.29 is 23.9 Å². The Labute approximate surface area is 180 Å². The monoisotopic (exact) mass is 422 g/mol. The summed E-state index contributed by atoms with van der Waals surface area (Å²) in [7, 11) is 2.60. The number of fused-ring (bicyclic) bond motifs is 2. The molecule has 0 saturated carbocycles. The zero-order valence-corrected chi connectivity index (χ0v) is 18.0. The number of carbonyl (C=O) groups excluding carboxylic acids is 3. The number of ether oxygens (including phenoxy) is 2. The lowest BCUT2D eigenvalue weighted by Gasteiger charge is -2.15. The second-order valence-corrected chi connectivity index (χ2v) is 7.35. The zero-order valence-electron chi connectivity index (χ0n) is 18.0. The molecule has 0 N–H and O–H groups in total. The van der Waals surface area contributed by atoms with Crippen LogP contribution in [0.1, 0.15) is 59.7 Å². The second-order valence-electron chi connectivity index (χ2n) is 7.35. The van der Waals surface area contributed by atoms with E-state index in [1.165, 1.54) is 14.2 Å². The van der Waals surface area contributed by atoms with E-state index in [0.717, 1.165) is 25.7 Å². The van der Waals surface area contributed by atoms with Crippen molar-refractivity contribution in [2.24, 2.45) is 5.92 Å². The predicted molar refractivity (Wildman–Crippen MR) is 117 cm³/mol. The molecule has 0 amide bonds. The van der Waals surface area contributed by atoms with E-state index in [-0.39, 0.29) is 5.78 Å². The fraction of sp³-hybridized carbons (Fsp3) is 0.375. The van der Waals surface area contributed by atoms with Crippen LogP contribution in [-0.4, -0.2) is 41.9 Å². The Bertz CT molecular complexity index is 1130. The summed E-state index contributed by atoms with van der Waals surface area (Å²) in [4.78, 5) is 47.0. The van der Waals surface area contributed by atoms with Crippen LogP contribution in [0.25, 0.3) is 22.1 Å². The number of benzene rings is 2. The van der Waals surface area contributed by atoms with E-state index < -0.39 is 17.9 Å². The van der Waals surface area contributed by atoms with Crippen molar-refractivity contribution in [1.29, 1.82) is 0 Å². The molecule has 1 aromatic heterocycles. The van der Waals surface area contributed by atoms with Gasteiger partial charge in [-0.2, -0.15) is 0 Å². The van der Waals surface area contributed by atoms with Crippen molar-refractivity contribution in [1.82, 2.24) is 9.97 Å². The van der Waals surface area contributed by atoms with E-state index in [1.54, 1.807) is 36.4 Å². The molecule has 0 aliphatic carbocycles. The van der Waals surface area contributed by atoms with Crippen molar-refractivity contribution >= 4 is 39.8 Å². The summed E-state index contributed by atoms with van der Waals surface area (Å²) in [6, 6.07) is 10.1. The van der Waals surface area contributed by atoms with Gasteiger partial charge >= 0.3 is 11.9 Å². The van der Waals surface area contributed by atoms with Crippen molar-refractivity contribution in [3.05, 3.63) is 47.5 Å². The number of nitrogens with zero attached hydrogens (tertiary/aromatic N) is 2. The molecule has 162 valence electrons. The lowest BCUT2D eigenvalue weighted by atomic mass is 9.91. The standard InChI is InChI=1S/C24H26N2O5/c1-4-5-6-7-10-17(24(29)31-3)22(27)15-11-8-13-18-20(15)25-19-14-9-12-16(21(19)26-18)23(28)30-2/h8-9,11-14,17H,4-7,10H2,1-3H3/t17-/m1/s1. The van der Waals surface area contributed by atoms with Gasteiger partial charge in [-0.1, -0.05) is 44.7 Å². The number of methoxy groups -OCH3 is 2. The topological polar surface area (TPSA) is 95.5 Å². The fourth-order valence-corrected chi connectivity index (χ4v) is 3.65. The number of unbranched alkanes of at least 4 members (excludes halogenated alkanes) is 3. The molecule has 1 atom stereocenters. The maximum Gasteiger partial charge on any atom is 0.340 e. The van der Waals surface area contributed by atoms with Gasteiger partial charge in [0.25, 0.3) is 0 Å². The maximum atomic E-state index is 13.3. The van der Waals surface area contributed by atoms with E-state index in [0.29, 0.717) is 39.6 Å². The first-order chi connectivity index (χ1) is 15.0. The van der Waals surface area contributed by atoms with Gasteiger partial charge in [0.15, 0.2) is 5.78 Å². The number of carbonyl (C=O) groups is 3. The molecule has 7 nitrogen and oxygen atoms in total. The van der Waals surface area contributed by atoms with Crippen LogP contribution >= 0.6 is 0 Å². The van der Waals surface area contributed by atoms with E-state index >= 15 is 0 Å². The minimum Gasteiger partial charge on any atom is -0.468 e. The Morgan fingerprint density at radius 1 is 0.839 bits per heavy atom. The normalized spacial score (nSPS) is 12.0. The van der Waals surface area contributed by atoms with Gasteiger partial charge in [-0.25, -0.2) is 14.8 Å². The number of hydrogen-bond donors (Lipinski definition) is 0. The first-order valence-electron chi connectivity index (χ1n) is 10.4. The van der Waals surface area contributed by atoms with Crippen LogP contribution in [0.5, 0.6) is 0 Å². The summed E-state index contributed by atoms with van der Waals surface area (Å²) in [5.41, 5.74) is 2.34.